The number of halogens is 2. The Morgan fingerprint density at radius 3 is 2.59 bits per heavy atom. The zero-order valence-electron chi connectivity index (χ0n) is 14.5. The zero-order valence-corrected chi connectivity index (χ0v) is 14.5. The van der Waals surface area contributed by atoms with Crippen LogP contribution < -0.4 is 4.90 Å². The SMILES string of the molecule is Cn1cc(-c2ccc3cnn(-c4ccnc(N5CC(F)(F)C5)c4)c3c2)cn1. The van der Waals surface area contributed by atoms with E-state index >= 15 is 0 Å². The van der Waals surface area contributed by atoms with Gasteiger partial charge in [0.2, 0.25) is 0 Å². The summed E-state index contributed by atoms with van der Waals surface area (Å²) in [6, 6.07) is 9.71. The molecule has 0 saturated carbocycles. The molecule has 1 saturated heterocycles. The van der Waals surface area contributed by atoms with E-state index in [1.807, 2.05) is 37.6 Å². The summed E-state index contributed by atoms with van der Waals surface area (Å²) >= 11 is 0. The number of nitrogens with zero attached hydrogens (tertiary/aromatic N) is 6. The smallest absolute Gasteiger partial charge is 0.282 e. The fraction of sp³-hybridized carbons (Fsp3) is 0.211. The topological polar surface area (TPSA) is 51.8 Å². The first-order valence-electron chi connectivity index (χ1n) is 8.55. The molecule has 27 heavy (non-hydrogen) atoms. The minimum atomic E-state index is -2.63. The minimum absolute atomic E-state index is 0.297. The Hall–Kier alpha value is -3.29. The number of alkyl halides is 2. The van der Waals surface area contributed by atoms with Crippen LogP contribution in [0.15, 0.2) is 55.1 Å². The lowest BCUT2D eigenvalue weighted by molar-refractivity contribution is -0.0267. The highest BCUT2D eigenvalue weighted by Gasteiger charge is 2.44. The van der Waals surface area contributed by atoms with Gasteiger partial charge in [0, 0.05) is 36.5 Å². The highest BCUT2D eigenvalue weighted by Crippen LogP contribution is 2.32. The summed E-state index contributed by atoms with van der Waals surface area (Å²) in [6.07, 6.45) is 7.19. The maximum Gasteiger partial charge on any atom is 0.282 e. The van der Waals surface area contributed by atoms with Gasteiger partial charge in [0.15, 0.2) is 0 Å². The van der Waals surface area contributed by atoms with Crippen LogP contribution >= 0.6 is 0 Å². The van der Waals surface area contributed by atoms with Crippen molar-refractivity contribution in [2.45, 2.75) is 5.92 Å². The number of anilines is 1. The lowest BCUT2D eigenvalue weighted by Crippen LogP contribution is -2.56. The molecule has 1 aromatic carbocycles. The fourth-order valence-corrected chi connectivity index (χ4v) is 3.36. The molecule has 1 fully saturated rings. The largest absolute Gasteiger partial charge is 0.344 e. The van der Waals surface area contributed by atoms with Crippen LogP contribution in [-0.2, 0) is 7.05 Å². The molecule has 0 aliphatic carbocycles. The monoisotopic (exact) mass is 366 g/mol. The first-order valence-corrected chi connectivity index (χ1v) is 8.55. The molecule has 1 aliphatic heterocycles. The van der Waals surface area contributed by atoms with E-state index in [0.29, 0.717) is 5.82 Å². The minimum Gasteiger partial charge on any atom is -0.344 e. The molecule has 0 amide bonds. The second kappa shape index (κ2) is 5.60. The van der Waals surface area contributed by atoms with E-state index in [1.165, 1.54) is 0 Å². The number of benzene rings is 1. The quantitative estimate of drug-likeness (QED) is 0.558. The van der Waals surface area contributed by atoms with Gasteiger partial charge in [-0.15, -0.1) is 0 Å². The molecule has 4 heterocycles. The third-order valence-corrected chi connectivity index (χ3v) is 4.75. The van der Waals surface area contributed by atoms with Crippen LogP contribution in [0.1, 0.15) is 0 Å². The molecule has 0 radical (unpaired) electrons. The van der Waals surface area contributed by atoms with Crippen molar-refractivity contribution < 1.29 is 8.78 Å². The predicted molar refractivity (Wildman–Crippen MR) is 98.2 cm³/mol. The van der Waals surface area contributed by atoms with E-state index in [4.69, 9.17) is 0 Å². The number of aromatic nitrogens is 5. The van der Waals surface area contributed by atoms with Gasteiger partial charge >= 0.3 is 0 Å². The Morgan fingerprint density at radius 1 is 1.00 bits per heavy atom. The number of hydrogen-bond donors (Lipinski definition) is 0. The summed E-state index contributed by atoms with van der Waals surface area (Å²) in [5, 5.41) is 9.70. The van der Waals surface area contributed by atoms with Gasteiger partial charge in [0.25, 0.3) is 5.92 Å². The van der Waals surface area contributed by atoms with Crippen LogP contribution in [0.5, 0.6) is 0 Å². The van der Waals surface area contributed by atoms with Crippen LogP contribution in [0.25, 0.3) is 27.7 Å². The standard InChI is InChI=1S/C19H16F2N6/c1-25-10-15(9-23-25)13-2-3-14-8-24-27(17(14)6-13)16-4-5-22-18(7-16)26-11-19(20,21)12-26/h2-10H,11-12H2,1H3. The maximum atomic E-state index is 13.2. The van der Waals surface area contributed by atoms with Crippen molar-refractivity contribution in [3.63, 3.8) is 0 Å². The van der Waals surface area contributed by atoms with Crippen molar-refractivity contribution >= 4 is 16.7 Å². The molecule has 4 aromatic rings. The van der Waals surface area contributed by atoms with Gasteiger partial charge in [-0.3, -0.25) is 4.68 Å². The van der Waals surface area contributed by atoms with Crippen LogP contribution in [0, 0.1) is 0 Å². The molecule has 6 nitrogen and oxygen atoms in total. The Balaban J connectivity index is 1.55. The molecular formula is C19H16F2N6. The van der Waals surface area contributed by atoms with E-state index in [2.05, 4.69) is 21.2 Å². The Morgan fingerprint density at radius 2 is 1.85 bits per heavy atom. The molecule has 1 aliphatic rings. The molecule has 0 bridgehead atoms. The van der Waals surface area contributed by atoms with Crippen molar-refractivity contribution in [3.8, 4) is 16.8 Å². The van der Waals surface area contributed by atoms with E-state index in [0.717, 1.165) is 27.7 Å². The Labute approximate surface area is 153 Å². The number of hydrogen-bond acceptors (Lipinski definition) is 4. The molecule has 136 valence electrons. The summed E-state index contributed by atoms with van der Waals surface area (Å²) in [5.74, 6) is -2.10. The van der Waals surface area contributed by atoms with Crippen molar-refractivity contribution in [3.05, 3.63) is 55.1 Å². The lowest BCUT2D eigenvalue weighted by atomic mass is 10.1. The van der Waals surface area contributed by atoms with Crippen molar-refractivity contribution in [2.75, 3.05) is 18.0 Å². The zero-order chi connectivity index (χ0) is 18.6. The van der Waals surface area contributed by atoms with Gasteiger partial charge in [0.1, 0.15) is 5.82 Å². The van der Waals surface area contributed by atoms with Crippen LogP contribution in [0.3, 0.4) is 0 Å². The van der Waals surface area contributed by atoms with E-state index in [9.17, 15) is 8.78 Å². The third kappa shape index (κ3) is 2.73. The normalized spacial score (nSPS) is 15.9. The summed E-state index contributed by atoms with van der Waals surface area (Å²) in [7, 11) is 1.88. The lowest BCUT2D eigenvalue weighted by Gasteiger charge is -2.39. The summed E-state index contributed by atoms with van der Waals surface area (Å²) in [4.78, 5) is 5.79. The van der Waals surface area contributed by atoms with Crippen molar-refractivity contribution in [2.24, 2.45) is 7.05 Å². The number of aryl methyl sites for hydroxylation is 1. The van der Waals surface area contributed by atoms with Crippen LogP contribution in [0.4, 0.5) is 14.6 Å². The van der Waals surface area contributed by atoms with Gasteiger partial charge in [-0.25, -0.2) is 18.4 Å². The van der Waals surface area contributed by atoms with Gasteiger partial charge < -0.3 is 4.90 Å². The van der Waals surface area contributed by atoms with Crippen molar-refractivity contribution in [1.82, 2.24) is 24.5 Å². The average Bonchev–Trinajstić information content (AvgIpc) is 3.25. The van der Waals surface area contributed by atoms with Gasteiger partial charge in [-0.1, -0.05) is 12.1 Å². The second-order valence-corrected chi connectivity index (χ2v) is 6.82. The molecule has 0 N–H and O–H groups in total. The van der Waals surface area contributed by atoms with Gasteiger partial charge in [0.05, 0.1) is 36.7 Å². The van der Waals surface area contributed by atoms with E-state index in [1.54, 1.807) is 32.7 Å². The highest BCUT2D eigenvalue weighted by atomic mass is 19.3. The molecule has 8 heteroatoms. The van der Waals surface area contributed by atoms with Gasteiger partial charge in [-0.05, 0) is 17.7 Å². The van der Waals surface area contributed by atoms with Gasteiger partial charge in [-0.2, -0.15) is 10.2 Å². The summed E-state index contributed by atoms with van der Waals surface area (Å²) < 4.78 is 29.9. The number of pyridine rings is 1. The predicted octanol–water partition coefficient (Wildman–Crippen LogP) is 3.28. The highest BCUT2D eigenvalue weighted by molar-refractivity contribution is 5.85. The maximum absolute atomic E-state index is 13.2. The fourth-order valence-electron chi connectivity index (χ4n) is 3.36. The second-order valence-electron chi connectivity index (χ2n) is 6.82. The molecular weight excluding hydrogens is 350 g/mol. The molecule has 0 unspecified atom stereocenters. The van der Waals surface area contributed by atoms with Crippen LogP contribution in [0.2, 0.25) is 0 Å². The molecule has 0 atom stereocenters. The number of fused-ring (bicyclic) bond motifs is 1. The number of rotatable bonds is 3. The van der Waals surface area contributed by atoms with Crippen LogP contribution in [-0.4, -0.2) is 43.6 Å². The van der Waals surface area contributed by atoms with E-state index < -0.39 is 5.92 Å². The summed E-state index contributed by atoms with van der Waals surface area (Å²) in [6.45, 7) is -0.594. The first kappa shape index (κ1) is 15.9. The van der Waals surface area contributed by atoms with E-state index in [-0.39, 0.29) is 13.1 Å². The molecule has 0 spiro atoms. The molecule has 5 rings (SSSR count). The molecule has 3 aromatic heterocycles. The third-order valence-electron chi connectivity index (χ3n) is 4.75. The Kier molecular flexibility index (Phi) is 3.30. The first-order chi connectivity index (χ1) is 13.0. The summed E-state index contributed by atoms with van der Waals surface area (Å²) in [5.41, 5.74) is 3.77. The average molecular weight is 366 g/mol. The van der Waals surface area contributed by atoms with Crippen molar-refractivity contribution in [1.29, 1.82) is 0 Å². The Bertz CT molecular complexity index is 1140.